The highest BCUT2D eigenvalue weighted by Gasteiger charge is 2.30. The lowest BCUT2D eigenvalue weighted by molar-refractivity contribution is 0.217. The first kappa shape index (κ1) is 42.4. The van der Waals surface area contributed by atoms with Crippen LogP contribution in [0.2, 0.25) is 0 Å². The van der Waals surface area contributed by atoms with Gasteiger partial charge < -0.3 is 14.5 Å². The van der Waals surface area contributed by atoms with Crippen molar-refractivity contribution in [3.63, 3.8) is 0 Å². The lowest BCUT2D eigenvalue weighted by atomic mass is 9.87. The van der Waals surface area contributed by atoms with Crippen LogP contribution in [0.15, 0.2) is 224 Å². The zero-order valence-corrected chi connectivity index (χ0v) is 40.4. The molecule has 0 saturated heterocycles. The third kappa shape index (κ3) is 6.87. The van der Waals surface area contributed by atoms with Gasteiger partial charge in [-0.15, -0.1) is 0 Å². The number of aryl methyl sites for hydroxylation is 2. The quantitative estimate of drug-likeness (QED) is 0.129. The highest BCUT2D eigenvalue weighted by atomic mass is 16.5. The van der Waals surface area contributed by atoms with E-state index >= 15 is 0 Å². The first-order chi connectivity index (χ1) is 34.9. The second-order valence-corrected chi connectivity index (χ2v) is 19.2. The summed E-state index contributed by atoms with van der Waals surface area (Å²) in [5, 5.41) is 15.2. The number of rotatable bonds is 11. The van der Waals surface area contributed by atoms with Crippen LogP contribution in [0.4, 0.5) is 34.1 Å². The second kappa shape index (κ2) is 17.1. The molecule has 0 bridgehead atoms. The SMILES string of the molecule is CCC(C)Oc1ccc(N(c2ccc(C)cc2)c2ccc3c4c(-c5ccccc5)c5c6ccc(N(c7ccccc7)c7ccc(C)cc7)c7cccc(c5c(-c5ccccc5)c4c4cccc2c43)c76)cc1. The summed E-state index contributed by atoms with van der Waals surface area (Å²) in [5.74, 6) is 0.881. The van der Waals surface area contributed by atoms with E-state index in [9.17, 15) is 0 Å². The Morgan fingerprint density at radius 2 is 0.690 bits per heavy atom. The topological polar surface area (TPSA) is 15.7 Å². The molecule has 0 spiro atoms. The molecule has 0 amide bonds. The summed E-state index contributed by atoms with van der Waals surface area (Å²) in [6.07, 6.45) is 1.09. The Bertz CT molecular complexity index is 3960. The van der Waals surface area contributed by atoms with E-state index in [0.29, 0.717) is 0 Å². The van der Waals surface area contributed by atoms with Crippen LogP contribution in [0.1, 0.15) is 31.4 Å². The molecule has 13 aromatic rings. The second-order valence-electron chi connectivity index (χ2n) is 19.2. The van der Waals surface area contributed by atoms with Gasteiger partial charge in [-0.05, 0) is 176 Å². The Balaban J connectivity index is 1.15. The van der Waals surface area contributed by atoms with Crippen molar-refractivity contribution in [3.05, 3.63) is 236 Å². The summed E-state index contributed by atoms with van der Waals surface area (Å²) in [6.45, 7) is 8.59. The molecule has 1 unspecified atom stereocenters. The Hall–Kier alpha value is -8.66. The van der Waals surface area contributed by atoms with Gasteiger partial charge in [-0.1, -0.05) is 170 Å². The molecule has 0 fully saturated rings. The molecule has 340 valence electrons. The Labute approximate surface area is 415 Å². The standard InChI is InChI=1S/C68H52N2O/c1-5-45(4)71-52-37-35-51(36-38-52)70(50-33-29-44(3)30-34-50)60-42-40-58-64-54(60)24-16-26-56(64)66-61(46-17-9-6-10-18-46)65-55-25-15-23-53-59(69(48-21-13-8-14-22-48)49-31-27-43(2)28-32-49)41-39-57(63(53)55)67(65)62(68(58)66)47-19-11-7-12-20-47/h6-42,45H,5H2,1-4H3. The average Bonchev–Trinajstić information content (AvgIpc) is 3.94. The summed E-state index contributed by atoms with van der Waals surface area (Å²) in [7, 11) is 0. The summed E-state index contributed by atoms with van der Waals surface area (Å²) >= 11 is 0. The van der Waals surface area contributed by atoms with Crippen molar-refractivity contribution in [2.75, 3.05) is 9.80 Å². The van der Waals surface area contributed by atoms with Crippen LogP contribution in [0.3, 0.4) is 0 Å². The molecule has 0 radical (unpaired) electrons. The molecule has 71 heavy (non-hydrogen) atoms. The largest absolute Gasteiger partial charge is 0.491 e. The highest BCUT2D eigenvalue weighted by molar-refractivity contribution is 6.47. The van der Waals surface area contributed by atoms with E-state index < -0.39 is 0 Å². The fraction of sp³-hybridized carbons (Fsp3) is 0.0882. The minimum atomic E-state index is 0.142. The fourth-order valence-electron chi connectivity index (χ4n) is 11.4. The maximum atomic E-state index is 6.28. The van der Waals surface area contributed by atoms with Gasteiger partial charge in [0.2, 0.25) is 0 Å². The molecule has 3 nitrogen and oxygen atoms in total. The van der Waals surface area contributed by atoms with Crippen LogP contribution in [-0.2, 0) is 0 Å². The molecule has 0 aliphatic carbocycles. The van der Waals surface area contributed by atoms with Crippen LogP contribution < -0.4 is 14.5 Å². The molecule has 0 saturated carbocycles. The average molecular weight is 913 g/mol. The third-order valence-corrected chi connectivity index (χ3v) is 14.8. The first-order valence-electron chi connectivity index (χ1n) is 25.0. The van der Waals surface area contributed by atoms with Gasteiger partial charge in [-0.2, -0.15) is 0 Å². The molecular weight excluding hydrogens is 861 g/mol. The Kier molecular flexibility index (Phi) is 10.2. The number of hydrogen-bond donors (Lipinski definition) is 0. The van der Waals surface area contributed by atoms with E-state index in [2.05, 4.69) is 262 Å². The summed E-state index contributed by atoms with van der Waals surface area (Å²) in [6, 6.07) is 83.0. The molecule has 3 heteroatoms. The van der Waals surface area contributed by atoms with Crippen molar-refractivity contribution in [1.82, 2.24) is 0 Å². The Morgan fingerprint density at radius 3 is 1.10 bits per heavy atom. The van der Waals surface area contributed by atoms with Crippen LogP contribution in [0.5, 0.6) is 5.75 Å². The minimum absolute atomic E-state index is 0.142. The van der Waals surface area contributed by atoms with Crippen molar-refractivity contribution in [2.45, 2.75) is 40.2 Å². The zero-order chi connectivity index (χ0) is 47.7. The third-order valence-electron chi connectivity index (χ3n) is 14.8. The number of anilines is 6. The maximum Gasteiger partial charge on any atom is 0.119 e. The van der Waals surface area contributed by atoms with Crippen LogP contribution in [0.25, 0.3) is 86.9 Å². The highest BCUT2D eigenvalue weighted by Crippen LogP contribution is 2.57. The molecule has 0 aliphatic rings. The lowest BCUT2D eigenvalue weighted by Gasteiger charge is -2.27. The summed E-state index contributed by atoms with van der Waals surface area (Å²) < 4.78 is 6.28. The van der Waals surface area contributed by atoms with E-state index in [1.54, 1.807) is 0 Å². The molecule has 1 atom stereocenters. The summed E-state index contributed by atoms with van der Waals surface area (Å²) in [5.41, 5.74) is 14.2. The lowest BCUT2D eigenvalue weighted by Crippen LogP contribution is -2.12. The number of benzene rings is 11. The fourth-order valence-corrected chi connectivity index (χ4v) is 11.4. The molecule has 0 aromatic heterocycles. The molecule has 0 aliphatic heterocycles. The molecule has 13 aromatic carbocycles. The first-order valence-corrected chi connectivity index (χ1v) is 25.0. The van der Waals surface area contributed by atoms with Gasteiger partial charge >= 0.3 is 0 Å². The molecular formula is C68H52N2O. The molecule has 0 N–H and O–H groups in total. The number of fused-ring (bicyclic) bond motifs is 6. The number of nitrogens with zero attached hydrogens (tertiary/aromatic N) is 2. The van der Waals surface area contributed by atoms with Crippen LogP contribution in [-0.4, -0.2) is 6.10 Å². The van der Waals surface area contributed by atoms with Crippen molar-refractivity contribution in [1.29, 1.82) is 0 Å². The predicted octanol–water partition coefficient (Wildman–Crippen LogP) is 19.5. The van der Waals surface area contributed by atoms with E-state index in [1.807, 2.05) is 0 Å². The van der Waals surface area contributed by atoms with Gasteiger partial charge in [0.05, 0.1) is 17.5 Å². The zero-order valence-electron chi connectivity index (χ0n) is 40.4. The van der Waals surface area contributed by atoms with Crippen LogP contribution in [0, 0.1) is 13.8 Å². The molecule has 0 heterocycles. The maximum absolute atomic E-state index is 6.28. The van der Waals surface area contributed by atoms with Crippen molar-refractivity contribution >= 4 is 98.8 Å². The van der Waals surface area contributed by atoms with Crippen molar-refractivity contribution in [3.8, 4) is 28.0 Å². The van der Waals surface area contributed by atoms with E-state index in [1.165, 1.54) is 98.0 Å². The van der Waals surface area contributed by atoms with Gasteiger partial charge in [-0.3, -0.25) is 0 Å². The van der Waals surface area contributed by atoms with Gasteiger partial charge in [0.1, 0.15) is 5.75 Å². The minimum Gasteiger partial charge on any atom is -0.491 e. The number of hydrogen-bond acceptors (Lipinski definition) is 3. The van der Waals surface area contributed by atoms with E-state index in [0.717, 1.165) is 46.3 Å². The van der Waals surface area contributed by atoms with E-state index in [-0.39, 0.29) is 6.10 Å². The van der Waals surface area contributed by atoms with Gasteiger partial charge in [0.25, 0.3) is 0 Å². The van der Waals surface area contributed by atoms with E-state index in [4.69, 9.17) is 4.74 Å². The monoisotopic (exact) mass is 912 g/mol. The Morgan fingerprint density at radius 1 is 0.338 bits per heavy atom. The number of para-hydroxylation sites is 1. The van der Waals surface area contributed by atoms with Crippen molar-refractivity contribution in [2.24, 2.45) is 0 Å². The normalized spacial score (nSPS) is 12.2. The van der Waals surface area contributed by atoms with Gasteiger partial charge in [0, 0.05) is 33.5 Å². The molecule has 13 rings (SSSR count). The number of ether oxygens (including phenoxy) is 1. The van der Waals surface area contributed by atoms with Gasteiger partial charge in [0.15, 0.2) is 0 Å². The predicted molar refractivity (Wildman–Crippen MR) is 304 cm³/mol. The van der Waals surface area contributed by atoms with Gasteiger partial charge in [-0.25, -0.2) is 0 Å². The smallest absolute Gasteiger partial charge is 0.119 e. The van der Waals surface area contributed by atoms with Crippen molar-refractivity contribution < 1.29 is 4.74 Å². The van der Waals surface area contributed by atoms with Crippen LogP contribution >= 0.6 is 0 Å². The summed E-state index contributed by atoms with van der Waals surface area (Å²) in [4.78, 5) is 4.84.